The third-order valence-corrected chi connectivity index (χ3v) is 1.33. The van der Waals surface area contributed by atoms with Crippen LogP contribution in [0.15, 0.2) is 0 Å². The van der Waals surface area contributed by atoms with Crippen LogP contribution in [0.2, 0.25) is 0 Å². The van der Waals surface area contributed by atoms with Gasteiger partial charge in [0.05, 0.1) is 0 Å². The van der Waals surface area contributed by atoms with Crippen LogP contribution in [0.1, 0.15) is 33.6 Å². The maximum absolute atomic E-state index is 5.51. The van der Waals surface area contributed by atoms with E-state index in [1.165, 1.54) is 6.42 Å². The van der Waals surface area contributed by atoms with Gasteiger partial charge in [0.2, 0.25) is 0 Å². The van der Waals surface area contributed by atoms with Crippen LogP contribution >= 0.6 is 11.6 Å². The van der Waals surface area contributed by atoms with Crippen molar-refractivity contribution in [2.45, 2.75) is 33.6 Å². The Morgan fingerprint density at radius 1 is 1.25 bits per heavy atom. The first-order chi connectivity index (χ1) is 3.56. The monoisotopic (exact) mass is 134 g/mol. The van der Waals surface area contributed by atoms with E-state index in [2.05, 4.69) is 20.8 Å². The van der Waals surface area contributed by atoms with E-state index in [1.54, 1.807) is 0 Å². The number of halogens is 1. The van der Waals surface area contributed by atoms with Gasteiger partial charge in [-0.05, 0) is 18.3 Å². The summed E-state index contributed by atoms with van der Waals surface area (Å²) in [6, 6.07) is 0. The van der Waals surface area contributed by atoms with Crippen LogP contribution < -0.4 is 0 Å². The summed E-state index contributed by atoms with van der Waals surface area (Å²) in [4.78, 5) is 0. The molecule has 0 atom stereocenters. The molecule has 0 aromatic carbocycles. The molecule has 0 aliphatic rings. The van der Waals surface area contributed by atoms with Crippen molar-refractivity contribution in [3.05, 3.63) is 0 Å². The fraction of sp³-hybridized carbons (Fsp3) is 1.00. The Bertz CT molecular complexity index is 51.9. The number of hydrogen-bond donors (Lipinski definition) is 0. The van der Waals surface area contributed by atoms with Gasteiger partial charge in [0.1, 0.15) is 0 Å². The molecular weight excluding hydrogens is 120 g/mol. The molecule has 0 aromatic heterocycles. The molecule has 0 aliphatic heterocycles. The van der Waals surface area contributed by atoms with Gasteiger partial charge in [-0.25, -0.2) is 0 Å². The first-order valence-corrected chi connectivity index (χ1v) is 3.66. The molecule has 0 radical (unpaired) electrons. The zero-order valence-corrected chi connectivity index (χ0v) is 6.76. The Labute approximate surface area is 57.2 Å². The van der Waals surface area contributed by atoms with Crippen LogP contribution in [0.4, 0.5) is 0 Å². The standard InChI is InChI=1S/C7H15Cl/c1-7(2,3)5-4-6-8/h4-6H2,1-3H3. The molecule has 0 aromatic rings. The smallest absolute Gasteiger partial charge is 0.0223 e. The van der Waals surface area contributed by atoms with Crippen molar-refractivity contribution in [3.8, 4) is 0 Å². The molecule has 0 rings (SSSR count). The fourth-order valence-corrected chi connectivity index (χ4v) is 0.731. The van der Waals surface area contributed by atoms with Crippen molar-refractivity contribution in [1.29, 1.82) is 0 Å². The molecule has 0 N–H and O–H groups in total. The predicted molar refractivity (Wildman–Crippen MR) is 39.4 cm³/mol. The van der Waals surface area contributed by atoms with Gasteiger partial charge >= 0.3 is 0 Å². The Morgan fingerprint density at radius 3 is 1.88 bits per heavy atom. The van der Waals surface area contributed by atoms with Crippen molar-refractivity contribution in [3.63, 3.8) is 0 Å². The molecule has 0 amide bonds. The average molecular weight is 135 g/mol. The second-order valence-corrected chi connectivity index (χ2v) is 3.73. The first-order valence-electron chi connectivity index (χ1n) is 3.12. The van der Waals surface area contributed by atoms with Crippen LogP contribution in [0.5, 0.6) is 0 Å². The molecule has 1 heteroatoms. The summed E-state index contributed by atoms with van der Waals surface area (Å²) in [7, 11) is 0. The summed E-state index contributed by atoms with van der Waals surface area (Å²) in [5.41, 5.74) is 0.467. The molecule has 0 fully saturated rings. The topological polar surface area (TPSA) is 0 Å². The summed E-state index contributed by atoms with van der Waals surface area (Å²) in [6.07, 6.45) is 2.38. The minimum Gasteiger partial charge on any atom is -0.127 e. The Hall–Kier alpha value is 0.290. The van der Waals surface area contributed by atoms with Crippen LogP contribution in [0.3, 0.4) is 0 Å². The minimum atomic E-state index is 0.467. The number of rotatable bonds is 2. The van der Waals surface area contributed by atoms with E-state index in [1.807, 2.05) is 0 Å². The summed E-state index contributed by atoms with van der Waals surface area (Å²) in [6.45, 7) is 6.71. The highest BCUT2D eigenvalue weighted by Crippen LogP contribution is 2.20. The quantitative estimate of drug-likeness (QED) is 0.510. The highest BCUT2D eigenvalue weighted by atomic mass is 35.5. The van der Waals surface area contributed by atoms with Crippen molar-refractivity contribution in [1.82, 2.24) is 0 Å². The van der Waals surface area contributed by atoms with E-state index in [0.717, 1.165) is 12.3 Å². The first kappa shape index (κ1) is 8.29. The second kappa shape index (κ2) is 3.34. The largest absolute Gasteiger partial charge is 0.127 e. The van der Waals surface area contributed by atoms with Gasteiger partial charge in [-0.15, -0.1) is 11.6 Å². The van der Waals surface area contributed by atoms with E-state index < -0.39 is 0 Å². The minimum absolute atomic E-state index is 0.467. The summed E-state index contributed by atoms with van der Waals surface area (Å²) >= 11 is 5.51. The maximum Gasteiger partial charge on any atom is 0.0223 e. The average Bonchev–Trinajstić information content (AvgIpc) is 1.59. The van der Waals surface area contributed by atoms with Crippen molar-refractivity contribution in [2.75, 3.05) is 5.88 Å². The molecule has 0 nitrogen and oxygen atoms in total. The molecule has 0 heterocycles. The lowest BCUT2D eigenvalue weighted by atomic mass is 9.91. The summed E-state index contributed by atoms with van der Waals surface area (Å²) < 4.78 is 0. The van der Waals surface area contributed by atoms with E-state index in [-0.39, 0.29) is 0 Å². The van der Waals surface area contributed by atoms with Crippen molar-refractivity contribution >= 4 is 11.6 Å². The second-order valence-electron chi connectivity index (χ2n) is 3.35. The highest BCUT2D eigenvalue weighted by molar-refractivity contribution is 6.17. The lowest BCUT2D eigenvalue weighted by Crippen LogP contribution is -2.04. The van der Waals surface area contributed by atoms with E-state index in [9.17, 15) is 0 Å². The lowest BCUT2D eigenvalue weighted by Gasteiger charge is -2.16. The Balaban J connectivity index is 3.11. The van der Waals surface area contributed by atoms with Gasteiger partial charge in [0, 0.05) is 5.88 Å². The highest BCUT2D eigenvalue weighted by Gasteiger charge is 2.07. The molecule has 0 spiro atoms. The molecule has 0 saturated heterocycles. The van der Waals surface area contributed by atoms with Gasteiger partial charge in [0.25, 0.3) is 0 Å². The molecular formula is C7H15Cl. The van der Waals surface area contributed by atoms with Gasteiger partial charge in [-0.1, -0.05) is 20.8 Å². The zero-order valence-electron chi connectivity index (χ0n) is 6.00. The van der Waals surface area contributed by atoms with Gasteiger partial charge in [0.15, 0.2) is 0 Å². The third kappa shape index (κ3) is 6.29. The van der Waals surface area contributed by atoms with Gasteiger partial charge < -0.3 is 0 Å². The SMILES string of the molecule is CC(C)(C)CCCCl. The summed E-state index contributed by atoms with van der Waals surface area (Å²) in [5, 5.41) is 0. The normalized spacial score (nSPS) is 12.0. The molecule has 0 unspecified atom stereocenters. The zero-order chi connectivity index (χ0) is 6.62. The van der Waals surface area contributed by atoms with Crippen LogP contribution in [0, 0.1) is 5.41 Å². The van der Waals surface area contributed by atoms with Crippen molar-refractivity contribution < 1.29 is 0 Å². The number of hydrogen-bond acceptors (Lipinski definition) is 0. The summed E-state index contributed by atoms with van der Waals surface area (Å²) in [5.74, 6) is 0.803. The van der Waals surface area contributed by atoms with Crippen LogP contribution in [-0.2, 0) is 0 Å². The predicted octanol–water partition coefficient (Wildman–Crippen LogP) is 3.05. The Morgan fingerprint density at radius 2 is 1.75 bits per heavy atom. The Kier molecular flexibility index (Phi) is 3.46. The maximum atomic E-state index is 5.51. The lowest BCUT2D eigenvalue weighted by molar-refractivity contribution is 0.374. The fourth-order valence-electron chi connectivity index (χ4n) is 0.597. The van der Waals surface area contributed by atoms with Crippen molar-refractivity contribution in [2.24, 2.45) is 5.41 Å². The van der Waals surface area contributed by atoms with Crippen LogP contribution in [0.25, 0.3) is 0 Å². The van der Waals surface area contributed by atoms with Gasteiger partial charge in [-0.2, -0.15) is 0 Å². The molecule has 0 saturated carbocycles. The third-order valence-electron chi connectivity index (χ3n) is 1.06. The molecule has 50 valence electrons. The number of alkyl halides is 1. The van der Waals surface area contributed by atoms with Crippen LogP contribution in [-0.4, -0.2) is 5.88 Å². The van der Waals surface area contributed by atoms with Gasteiger partial charge in [-0.3, -0.25) is 0 Å². The van der Waals surface area contributed by atoms with E-state index in [0.29, 0.717) is 5.41 Å². The molecule has 0 aliphatic carbocycles. The van der Waals surface area contributed by atoms with E-state index >= 15 is 0 Å². The molecule has 0 bridgehead atoms. The van der Waals surface area contributed by atoms with E-state index in [4.69, 9.17) is 11.6 Å². The molecule has 8 heavy (non-hydrogen) atoms.